The van der Waals surface area contributed by atoms with Gasteiger partial charge >= 0.3 is 0 Å². The molecule has 3 aliphatic rings. The summed E-state index contributed by atoms with van der Waals surface area (Å²) in [6, 6.07) is 4.91. The van der Waals surface area contributed by atoms with Crippen molar-refractivity contribution in [1.29, 1.82) is 0 Å². The van der Waals surface area contributed by atoms with Crippen LogP contribution in [0.4, 0.5) is 5.69 Å². The Morgan fingerprint density at radius 2 is 1.54 bits per heavy atom. The fourth-order valence-electron chi connectivity index (χ4n) is 4.97. The quantitative estimate of drug-likeness (QED) is 0.719. The van der Waals surface area contributed by atoms with E-state index in [1.807, 2.05) is 0 Å². The highest BCUT2D eigenvalue weighted by Crippen LogP contribution is 2.41. The minimum absolute atomic E-state index is 0.0237. The number of carbonyl (C=O) groups is 3. The van der Waals surface area contributed by atoms with E-state index < -0.39 is 0 Å². The van der Waals surface area contributed by atoms with Crippen LogP contribution in [-0.4, -0.2) is 28.7 Å². The SMILES string of the molecule is O=C(Nc1ccc(Cl)cc1Cl)C1CCC(N2C(=O)C3CCCCC3C2=O)CC1. The van der Waals surface area contributed by atoms with E-state index in [9.17, 15) is 14.4 Å². The van der Waals surface area contributed by atoms with Gasteiger partial charge in [-0.05, 0) is 56.7 Å². The minimum atomic E-state index is -0.141. The van der Waals surface area contributed by atoms with E-state index in [0.29, 0.717) is 41.4 Å². The summed E-state index contributed by atoms with van der Waals surface area (Å²) in [5.41, 5.74) is 0.548. The second-order valence-corrected chi connectivity index (χ2v) is 9.01. The Morgan fingerprint density at radius 1 is 0.929 bits per heavy atom. The number of halogens is 2. The Hall–Kier alpha value is -1.59. The molecule has 3 amide bonds. The van der Waals surface area contributed by atoms with Gasteiger partial charge in [-0.25, -0.2) is 0 Å². The Labute approximate surface area is 174 Å². The van der Waals surface area contributed by atoms with Crippen LogP contribution in [0.25, 0.3) is 0 Å². The van der Waals surface area contributed by atoms with Gasteiger partial charge in [-0.1, -0.05) is 36.0 Å². The van der Waals surface area contributed by atoms with Crippen LogP contribution >= 0.6 is 23.2 Å². The summed E-state index contributed by atoms with van der Waals surface area (Å²) in [5, 5.41) is 3.80. The number of likely N-dealkylation sites (tertiary alicyclic amines) is 1. The van der Waals surface area contributed by atoms with Crippen LogP contribution in [-0.2, 0) is 14.4 Å². The van der Waals surface area contributed by atoms with Crippen LogP contribution in [0.15, 0.2) is 18.2 Å². The molecule has 1 aromatic rings. The lowest BCUT2D eigenvalue weighted by atomic mass is 9.81. The predicted octanol–water partition coefficient (Wildman–Crippen LogP) is 4.67. The first-order valence-electron chi connectivity index (χ1n) is 10.1. The molecule has 4 rings (SSSR count). The molecule has 1 aliphatic heterocycles. The first kappa shape index (κ1) is 19.7. The molecule has 1 aromatic carbocycles. The van der Waals surface area contributed by atoms with Gasteiger partial charge in [0.05, 0.1) is 22.5 Å². The van der Waals surface area contributed by atoms with E-state index in [4.69, 9.17) is 23.2 Å². The summed E-state index contributed by atoms with van der Waals surface area (Å²) in [6.07, 6.45) is 6.44. The molecule has 1 saturated heterocycles. The van der Waals surface area contributed by atoms with Crippen molar-refractivity contribution in [2.24, 2.45) is 17.8 Å². The molecular formula is C21H24Cl2N2O3. The Bertz CT molecular complexity index is 781. The van der Waals surface area contributed by atoms with Gasteiger partial charge in [0.2, 0.25) is 17.7 Å². The highest BCUT2D eigenvalue weighted by Gasteiger charge is 2.50. The molecule has 3 fully saturated rings. The van der Waals surface area contributed by atoms with Crippen molar-refractivity contribution < 1.29 is 14.4 Å². The number of imide groups is 1. The van der Waals surface area contributed by atoms with Crippen LogP contribution in [0.3, 0.4) is 0 Å². The highest BCUT2D eigenvalue weighted by molar-refractivity contribution is 6.36. The zero-order valence-corrected chi connectivity index (χ0v) is 17.1. The number of nitrogens with zero attached hydrogens (tertiary/aromatic N) is 1. The van der Waals surface area contributed by atoms with Gasteiger partial charge in [0.25, 0.3) is 0 Å². The normalized spacial score (nSPS) is 30.3. The van der Waals surface area contributed by atoms with E-state index in [1.54, 1.807) is 23.1 Å². The number of hydrogen-bond acceptors (Lipinski definition) is 3. The van der Waals surface area contributed by atoms with Crippen molar-refractivity contribution in [3.63, 3.8) is 0 Å². The molecule has 28 heavy (non-hydrogen) atoms. The van der Waals surface area contributed by atoms with E-state index in [1.165, 1.54) is 0 Å². The summed E-state index contributed by atoms with van der Waals surface area (Å²) in [4.78, 5) is 39.7. The summed E-state index contributed by atoms with van der Waals surface area (Å²) < 4.78 is 0. The maximum atomic E-state index is 12.8. The molecule has 7 heteroatoms. The lowest BCUT2D eigenvalue weighted by Crippen LogP contribution is -2.43. The third-order valence-corrected chi connectivity index (χ3v) is 7.04. The molecule has 1 N–H and O–H groups in total. The first-order valence-corrected chi connectivity index (χ1v) is 10.8. The lowest BCUT2D eigenvalue weighted by Gasteiger charge is -2.33. The Balaban J connectivity index is 1.36. The molecule has 1 heterocycles. The monoisotopic (exact) mass is 422 g/mol. The average molecular weight is 423 g/mol. The number of benzene rings is 1. The first-order chi connectivity index (χ1) is 13.5. The molecule has 0 spiro atoms. The van der Waals surface area contributed by atoms with Gasteiger partial charge in [-0.3, -0.25) is 19.3 Å². The van der Waals surface area contributed by atoms with E-state index >= 15 is 0 Å². The standard InChI is InChI=1S/C21H24Cl2N2O3/c22-13-7-10-18(17(23)11-13)24-19(26)12-5-8-14(9-6-12)25-20(27)15-3-1-2-4-16(15)21(25)28/h7,10-12,14-16H,1-6,8-9H2,(H,24,26). The highest BCUT2D eigenvalue weighted by atomic mass is 35.5. The van der Waals surface area contributed by atoms with E-state index in [2.05, 4.69) is 5.32 Å². The van der Waals surface area contributed by atoms with Gasteiger partial charge in [-0.15, -0.1) is 0 Å². The number of carbonyl (C=O) groups excluding carboxylic acids is 3. The van der Waals surface area contributed by atoms with Crippen molar-refractivity contribution in [3.8, 4) is 0 Å². The number of anilines is 1. The molecule has 2 unspecified atom stereocenters. The smallest absolute Gasteiger partial charge is 0.233 e. The molecule has 2 atom stereocenters. The number of rotatable bonds is 3. The fourth-order valence-corrected chi connectivity index (χ4v) is 5.43. The van der Waals surface area contributed by atoms with Crippen molar-refractivity contribution in [1.82, 2.24) is 4.90 Å². The van der Waals surface area contributed by atoms with Crippen molar-refractivity contribution in [2.75, 3.05) is 5.32 Å². The van der Waals surface area contributed by atoms with Crippen molar-refractivity contribution in [2.45, 2.75) is 57.4 Å². The van der Waals surface area contributed by atoms with Crippen LogP contribution in [0.2, 0.25) is 10.0 Å². The van der Waals surface area contributed by atoms with Crippen molar-refractivity contribution in [3.05, 3.63) is 28.2 Å². The summed E-state index contributed by atoms with van der Waals surface area (Å²) in [7, 11) is 0. The third kappa shape index (κ3) is 3.67. The maximum absolute atomic E-state index is 12.8. The number of hydrogen-bond donors (Lipinski definition) is 1. The maximum Gasteiger partial charge on any atom is 0.233 e. The van der Waals surface area contributed by atoms with Crippen LogP contribution < -0.4 is 5.32 Å². The topological polar surface area (TPSA) is 66.5 Å². The summed E-state index contributed by atoms with van der Waals surface area (Å²) >= 11 is 12.0. The third-order valence-electron chi connectivity index (χ3n) is 6.50. The molecule has 0 radical (unpaired) electrons. The van der Waals surface area contributed by atoms with Crippen molar-refractivity contribution >= 4 is 46.6 Å². The van der Waals surface area contributed by atoms with E-state index in [-0.39, 0.29) is 41.5 Å². The summed E-state index contributed by atoms with van der Waals surface area (Å²) in [6.45, 7) is 0. The lowest BCUT2D eigenvalue weighted by molar-refractivity contribution is -0.143. The van der Waals surface area contributed by atoms with E-state index in [0.717, 1.165) is 25.7 Å². The number of fused-ring (bicyclic) bond motifs is 1. The molecule has 150 valence electrons. The van der Waals surface area contributed by atoms with Crippen LogP contribution in [0.1, 0.15) is 51.4 Å². The average Bonchev–Trinajstić information content (AvgIpc) is 2.95. The Morgan fingerprint density at radius 3 is 2.11 bits per heavy atom. The fraction of sp³-hybridized carbons (Fsp3) is 0.571. The van der Waals surface area contributed by atoms with Crippen LogP contribution in [0, 0.1) is 17.8 Å². The van der Waals surface area contributed by atoms with Gasteiger partial charge < -0.3 is 5.32 Å². The van der Waals surface area contributed by atoms with Gasteiger partial charge in [0.15, 0.2) is 0 Å². The number of nitrogens with one attached hydrogen (secondary N) is 1. The molecule has 0 bridgehead atoms. The summed E-state index contributed by atoms with van der Waals surface area (Å²) in [5.74, 6) is -0.372. The number of amides is 3. The van der Waals surface area contributed by atoms with Gasteiger partial charge in [-0.2, -0.15) is 0 Å². The molecule has 2 saturated carbocycles. The predicted molar refractivity (Wildman–Crippen MR) is 108 cm³/mol. The molecular weight excluding hydrogens is 399 g/mol. The zero-order chi connectivity index (χ0) is 19.8. The largest absolute Gasteiger partial charge is 0.325 e. The molecule has 5 nitrogen and oxygen atoms in total. The minimum Gasteiger partial charge on any atom is -0.325 e. The molecule has 2 aliphatic carbocycles. The molecule has 0 aromatic heterocycles. The second kappa shape index (κ2) is 8.03. The second-order valence-electron chi connectivity index (χ2n) is 8.16. The van der Waals surface area contributed by atoms with Gasteiger partial charge in [0, 0.05) is 17.0 Å². The van der Waals surface area contributed by atoms with Crippen LogP contribution in [0.5, 0.6) is 0 Å². The zero-order valence-electron chi connectivity index (χ0n) is 15.6. The van der Waals surface area contributed by atoms with Gasteiger partial charge in [0.1, 0.15) is 0 Å². The Kier molecular flexibility index (Phi) is 5.66.